The van der Waals surface area contributed by atoms with E-state index in [4.69, 9.17) is 15.6 Å². The van der Waals surface area contributed by atoms with Crippen molar-refractivity contribution in [2.45, 2.75) is 44.5 Å². The maximum Gasteiger partial charge on any atom is 0.417 e. The van der Waals surface area contributed by atoms with E-state index in [1.807, 2.05) is 0 Å². The van der Waals surface area contributed by atoms with E-state index in [2.05, 4.69) is 0 Å². The Hall–Kier alpha value is -0.870. The number of hydrogen-bond donors (Lipinski definition) is 4. The zero-order valence-electron chi connectivity index (χ0n) is 11.8. The lowest BCUT2D eigenvalue weighted by Gasteiger charge is -2.34. The van der Waals surface area contributed by atoms with Crippen LogP contribution in [0.1, 0.15) is 26.7 Å². The largest absolute Gasteiger partial charge is 0.480 e. The third-order valence-electron chi connectivity index (χ3n) is 3.33. The Morgan fingerprint density at radius 2 is 1.81 bits per heavy atom. The standard InChI is InChI=1S/C11H21F3N2O4S/c1-7(2)10(19,11(12,13)14)4-6-21(16,20)5-3-8(15)9(17)18/h7-8,16,19H,3-6,15H2,1-2H3,(H,17,18)/t8-,10?,21?/m0/s1. The molecule has 0 aromatic carbocycles. The maximum atomic E-state index is 12.8. The molecular formula is C11H21F3N2O4S. The van der Waals surface area contributed by atoms with E-state index in [-0.39, 0.29) is 6.42 Å². The van der Waals surface area contributed by atoms with Crippen molar-refractivity contribution in [1.29, 1.82) is 4.78 Å². The molecule has 0 aliphatic heterocycles. The molecule has 126 valence electrons. The van der Waals surface area contributed by atoms with Crippen molar-refractivity contribution < 1.29 is 32.4 Å². The van der Waals surface area contributed by atoms with Gasteiger partial charge in [-0.25, -0.2) is 4.21 Å². The normalized spacial score (nSPS) is 19.8. The molecule has 0 radical (unpaired) electrons. The molecule has 10 heteroatoms. The van der Waals surface area contributed by atoms with Crippen LogP contribution in [0.15, 0.2) is 0 Å². The summed E-state index contributed by atoms with van der Waals surface area (Å²) in [5, 5.41) is 18.3. The molecule has 21 heavy (non-hydrogen) atoms. The molecule has 5 N–H and O–H groups in total. The maximum absolute atomic E-state index is 12.8. The first-order valence-corrected chi connectivity index (χ1v) is 8.14. The summed E-state index contributed by atoms with van der Waals surface area (Å²) in [5.41, 5.74) is 2.16. The van der Waals surface area contributed by atoms with Crippen LogP contribution in [0.4, 0.5) is 13.2 Å². The van der Waals surface area contributed by atoms with E-state index >= 15 is 0 Å². The van der Waals surface area contributed by atoms with Gasteiger partial charge in [-0.1, -0.05) is 13.8 Å². The van der Waals surface area contributed by atoms with Gasteiger partial charge in [0.05, 0.1) is 0 Å². The van der Waals surface area contributed by atoms with Crippen molar-refractivity contribution in [2.24, 2.45) is 11.7 Å². The van der Waals surface area contributed by atoms with Crippen LogP contribution in [0.3, 0.4) is 0 Å². The SMILES string of the molecule is CC(C)C(O)(CCS(=N)(=O)CC[C@H](N)C(=O)O)C(F)(F)F. The predicted molar refractivity (Wildman–Crippen MR) is 71.3 cm³/mol. The van der Waals surface area contributed by atoms with Crippen LogP contribution >= 0.6 is 0 Å². The number of halogens is 3. The zero-order valence-corrected chi connectivity index (χ0v) is 12.6. The molecule has 2 unspecified atom stereocenters. The molecule has 0 saturated carbocycles. The van der Waals surface area contributed by atoms with Gasteiger partial charge in [0.1, 0.15) is 6.04 Å². The lowest BCUT2D eigenvalue weighted by Crippen LogP contribution is -2.50. The van der Waals surface area contributed by atoms with Crippen LogP contribution < -0.4 is 5.73 Å². The van der Waals surface area contributed by atoms with Gasteiger partial charge in [-0.15, -0.1) is 0 Å². The molecule has 0 aromatic heterocycles. The second-order valence-electron chi connectivity index (χ2n) is 5.28. The number of carboxylic acid groups (broad SMARTS) is 1. The van der Waals surface area contributed by atoms with Crippen molar-refractivity contribution in [3.63, 3.8) is 0 Å². The van der Waals surface area contributed by atoms with E-state index in [1.54, 1.807) is 0 Å². The Labute approximate surface area is 121 Å². The summed E-state index contributed by atoms with van der Waals surface area (Å²) in [6, 6.07) is -1.32. The Kier molecular flexibility index (Phi) is 6.64. The predicted octanol–water partition coefficient (Wildman–Crippen LogP) is 1.17. The van der Waals surface area contributed by atoms with E-state index in [0.717, 1.165) is 0 Å². The number of carboxylic acids is 1. The van der Waals surface area contributed by atoms with Crippen LogP contribution in [0, 0.1) is 10.7 Å². The van der Waals surface area contributed by atoms with Gasteiger partial charge in [-0.2, -0.15) is 13.2 Å². The average molecular weight is 334 g/mol. The fourth-order valence-electron chi connectivity index (χ4n) is 1.62. The van der Waals surface area contributed by atoms with Gasteiger partial charge in [0, 0.05) is 21.2 Å². The average Bonchev–Trinajstić information content (AvgIpc) is 2.31. The van der Waals surface area contributed by atoms with Gasteiger partial charge in [0.25, 0.3) is 0 Å². The molecule has 0 saturated heterocycles. The molecule has 0 bridgehead atoms. The molecule has 0 spiro atoms. The molecular weight excluding hydrogens is 313 g/mol. The second-order valence-corrected chi connectivity index (χ2v) is 7.72. The first-order valence-electron chi connectivity index (χ1n) is 6.24. The zero-order chi connectivity index (χ0) is 17.1. The topological polar surface area (TPSA) is 124 Å². The van der Waals surface area contributed by atoms with E-state index < -0.39 is 57.4 Å². The van der Waals surface area contributed by atoms with Crippen LogP contribution in [0.5, 0.6) is 0 Å². The lowest BCUT2D eigenvalue weighted by molar-refractivity contribution is -0.276. The molecule has 0 heterocycles. The highest BCUT2D eigenvalue weighted by molar-refractivity contribution is 7.92. The third kappa shape index (κ3) is 5.79. The number of nitrogens with one attached hydrogen (secondary N) is 1. The Morgan fingerprint density at radius 3 is 2.14 bits per heavy atom. The minimum absolute atomic E-state index is 0.274. The first kappa shape index (κ1) is 20.1. The first-order chi connectivity index (χ1) is 9.23. The fraction of sp³-hybridized carbons (Fsp3) is 0.909. The molecule has 0 aliphatic carbocycles. The van der Waals surface area contributed by atoms with Gasteiger partial charge >= 0.3 is 12.1 Å². The highest BCUT2D eigenvalue weighted by atomic mass is 32.2. The molecule has 3 atom stereocenters. The number of alkyl halides is 3. The monoisotopic (exact) mass is 334 g/mol. The molecule has 0 aromatic rings. The van der Waals surface area contributed by atoms with Crippen LogP contribution in [-0.4, -0.2) is 49.7 Å². The number of hydrogen-bond acceptors (Lipinski definition) is 5. The summed E-state index contributed by atoms with van der Waals surface area (Å²) in [4.78, 5) is 10.5. The van der Waals surface area contributed by atoms with Crippen molar-refractivity contribution in [2.75, 3.05) is 11.5 Å². The number of aliphatic hydroxyl groups is 1. The summed E-state index contributed by atoms with van der Waals surface area (Å²) >= 11 is 0. The van der Waals surface area contributed by atoms with E-state index in [0.29, 0.717) is 0 Å². The van der Waals surface area contributed by atoms with Crippen LogP contribution in [-0.2, 0) is 14.5 Å². The Morgan fingerprint density at radius 1 is 1.33 bits per heavy atom. The van der Waals surface area contributed by atoms with Crippen molar-refractivity contribution in [3.05, 3.63) is 0 Å². The van der Waals surface area contributed by atoms with Crippen molar-refractivity contribution in [3.8, 4) is 0 Å². The second kappa shape index (κ2) is 6.93. The number of rotatable bonds is 8. The highest BCUT2D eigenvalue weighted by Gasteiger charge is 2.55. The summed E-state index contributed by atoms with van der Waals surface area (Å²) in [6.45, 7) is 2.36. The smallest absolute Gasteiger partial charge is 0.417 e. The fourth-order valence-corrected chi connectivity index (χ4v) is 3.10. The summed E-state index contributed by atoms with van der Waals surface area (Å²) < 4.78 is 57.9. The number of aliphatic carboxylic acids is 1. The van der Waals surface area contributed by atoms with Crippen LogP contribution in [0.25, 0.3) is 0 Å². The quantitative estimate of drug-likeness (QED) is 0.530. The van der Waals surface area contributed by atoms with Gasteiger partial charge in [-0.05, 0) is 18.8 Å². The van der Waals surface area contributed by atoms with Crippen LogP contribution in [0.2, 0.25) is 0 Å². The van der Waals surface area contributed by atoms with Gasteiger partial charge < -0.3 is 15.9 Å². The van der Waals surface area contributed by atoms with Gasteiger partial charge in [0.2, 0.25) is 0 Å². The lowest BCUT2D eigenvalue weighted by atomic mass is 9.87. The minimum atomic E-state index is -4.89. The van der Waals surface area contributed by atoms with E-state index in [9.17, 15) is 27.3 Å². The Balaban J connectivity index is 4.78. The highest BCUT2D eigenvalue weighted by Crippen LogP contribution is 2.39. The summed E-state index contributed by atoms with van der Waals surface area (Å²) in [6.07, 6.45) is -6.04. The van der Waals surface area contributed by atoms with E-state index in [1.165, 1.54) is 13.8 Å². The van der Waals surface area contributed by atoms with Gasteiger partial charge in [-0.3, -0.25) is 9.57 Å². The third-order valence-corrected chi connectivity index (χ3v) is 5.09. The number of nitrogens with two attached hydrogens (primary N) is 1. The summed E-state index contributed by atoms with van der Waals surface area (Å²) in [5.74, 6) is -3.59. The number of carbonyl (C=O) groups is 1. The molecule has 0 aliphatic rings. The molecule has 0 rings (SSSR count). The molecule has 0 fully saturated rings. The molecule has 6 nitrogen and oxygen atoms in total. The Bertz CT molecular complexity index is 465. The van der Waals surface area contributed by atoms with Gasteiger partial charge in [0.15, 0.2) is 5.60 Å². The minimum Gasteiger partial charge on any atom is -0.480 e. The summed E-state index contributed by atoms with van der Waals surface area (Å²) in [7, 11) is -3.44. The van der Waals surface area contributed by atoms with Crippen molar-refractivity contribution >= 4 is 15.7 Å². The molecule has 0 amide bonds. The van der Waals surface area contributed by atoms with Crippen molar-refractivity contribution in [1.82, 2.24) is 0 Å².